The van der Waals surface area contributed by atoms with Crippen LogP contribution in [0.25, 0.3) is 10.6 Å². The lowest BCUT2D eigenvalue weighted by atomic mass is 10.2. The zero-order chi connectivity index (χ0) is 12.4. The lowest BCUT2D eigenvalue weighted by Crippen LogP contribution is -2.08. The third-order valence-electron chi connectivity index (χ3n) is 2.00. The lowest BCUT2D eigenvalue weighted by molar-refractivity contribution is -0.114. The highest BCUT2D eigenvalue weighted by Crippen LogP contribution is 2.27. The van der Waals surface area contributed by atoms with Crippen molar-refractivity contribution in [3.05, 3.63) is 18.1 Å². The normalized spacial score (nSPS) is 10.2. The summed E-state index contributed by atoms with van der Waals surface area (Å²) >= 11 is 1.27. The molecule has 2 heterocycles. The van der Waals surface area contributed by atoms with Gasteiger partial charge in [-0.1, -0.05) is 0 Å². The SMILES string of the molecule is CC(=O)Nc1cc(N)c(-c2nc(C)ns2)cn1. The molecule has 2 rings (SSSR count). The number of carbonyl (C=O) groups is 1. The van der Waals surface area contributed by atoms with Gasteiger partial charge in [0.1, 0.15) is 16.6 Å². The van der Waals surface area contributed by atoms with Gasteiger partial charge in [0.2, 0.25) is 5.91 Å². The molecule has 0 radical (unpaired) electrons. The van der Waals surface area contributed by atoms with Gasteiger partial charge in [-0.25, -0.2) is 9.97 Å². The largest absolute Gasteiger partial charge is 0.398 e. The zero-order valence-electron chi connectivity index (χ0n) is 9.39. The first-order valence-corrected chi connectivity index (χ1v) is 5.67. The van der Waals surface area contributed by atoms with Gasteiger partial charge >= 0.3 is 0 Å². The zero-order valence-corrected chi connectivity index (χ0v) is 10.2. The second kappa shape index (κ2) is 4.46. The van der Waals surface area contributed by atoms with E-state index >= 15 is 0 Å². The van der Waals surface area contributed by atoms with Crippen LogP contribution in [0.5, 0.6) is 0 Å². The average Bonchev–Trinajstić information content (AvgIpc) is 2.64. The van der Waals surface area contributed by atoms with Crippen molar-refractivity contribution in [2.45, 2.75) is 13.8 Å². The number of pyridine rings is 1. The minimum Gasteiger partial charge on any atom is -0.398 e. The monoisotopic (exact) mass is 249 g/mol. The van der Waals surface area contributed by atoms with E-state index in [4.69, 9.17) is 5.73 Å². The molecule has 6 nitrogen and oxygen atoms in total. The van der Waals surface area contributed by atoms with Gasteiger partial charge in [0.25, 0.3) is 0 Å². The van der Waals surface area contributed by atoms with Crippen LogP contribution in [0.4, 0.5) is 11.5 Å². The van der Waals surface area contributed by atoms with Crippen LogP contribution < -0.4 is 11.1 Å². The highest BCUT2D eigenvalue weighted by molar-refractivity contribution is 7.09. The first kappa shape index (κ1) is 11.5. The summed E-state index contributed by atoms with van der Waals surface area (Å²) in [7, 11) is 0. The van der Waals surface area contributed by atoms with E-state index in [1.807, 2.05) is 6.92 Å². The van der Waals surface area contributed by atoms with Crippen LogP contribution in [-0.2, 0) is 4.79 Å². The molecule has 0 bridgehead atoms. The Kier molecular flexibility index (Phi) is 3.01. The van der Waals surface area contributed by atoms with Gasteiger partial charge in [0, 0.05) is 24.9 Å². The van der Waals surface area contributed by atoms with Crippen LogP contribution in [0.3, 0.4) is 0 Å². The number of hydrogen-bond donors (Lipinski definition) is 2. The summed E-state index contributed by atoms with van der Waals surface area (Å²) in [5.41, 5.74) is 7.13. The smallest absolute Gasteiger partial charge is 0.222 e. The Morgan fingerprint density at radius 2 is 2.29 bits per heavy atom. The molecule has 88 valence electrons. The van der Waals surface area contributed by atoms with Gasteiger partial charge in [0.05, 0.1) is 5.56 Å². The Labute approximate surface area is 102 Å². The maximum absolute atomic E-state index is 10.9. The van der Waals surface area contributed by atoms with Gasteiger partial charge < -0.3 is 11.1 Å². The predicted octanol–water partition coefficient (Wildman–Crippen LogP) is 1.45. The van der Waals surface area contributed by atoms with Crippen LogP contribution in [-0.4, -0.2) is 20.2 Å². The first-order valence-electron chi connectivity index (χ1n) is 4.90. The molecule has 0 spiro atoms. The number of aromatic nitrogens is 3. The molecule has 0 aromatic carbocycles. The van der Waals surface area contributed by atoms with E-state index in [1.54, 1.807) is 12.3 Å². The van der Waals surface area contributed by atoms with Crippen molar-refractivity contribution >= 4 is 28.9 Å². The molecule has 0 atom stereocenters. The number of amides is 1. The number of aryl methyl sites for hydroxylation is 1. The minimum atomic E-state index is -0.184. The Morgan fingerprint density at radius 1 is 1.53 bits per heavy atom. The Morgan fingerprint density at radius 3 is 2.82 bits per heavy atom. The van der Waals surface area contributed by atoms with Gasteiger partial charge in [0.15, 0.2) is 0 Å². The molecular weight excluding hydrogens is 238 g/mol. The van der Waals surface area contributed by atoms with E-state index in [-0.39, 0.29) is 5.91 Å². The average molecular weight is 249 g/mol. The molecule has 7 heteroatoms. The quantitative estimate of drug-likeness (QED) is 0.840. The lowest BCUT2D eigenvalue weighted by Gasteiger charge is -2.05. The van der Waals surface area contributed by atoms with Crippen molar-refractivity contribution in [2.75, 3.05) is 11.1 Å². The molecule has 1 amide bonds. The maximum Gasteiger partial charge on any atom is 0.222 e. The molecular formula is C10H11N5OS. The van der Waals surface area contributed by atoms with Gasteiger partial charge in [-0.3, -0.25) is 4.79 Å². The minimum absolute atomic E-state index is 0.184. The second-order valence-electron chi connectivity index (χ2n) is 3.48. The first-order chi connectivity index (χ1) is 8.06. The van der Waals surface area contributed by atoms with Gasteiger partial charge in [-0.2, -0.15) is 4.37 Å². The molecule has 0 aliphatic heterocycles. The van der Waals surface area contributed by atoms with E-state index in [0.717, 1.165) is 10.6 Å². The number of anilines is 2. The number of rotatable bonds is 2. The van der Waals surface area contributed by atoms with E-state index in [2.05, 4.69) is 19.7 Å². The highest BCUT2D eigenvalue weighted by Gasteiger charge is 2.09. The van der Waals surface area contributed by atoms with E-state index in [0.29, 0.717) is 17.3 Å². The summed E-state index contributed by atoms with van der Waals surface area (Å²) in [6.07, 6.45) is 1.58. The summed E-state index contributed by atoms with van der Waals surface area (Å²) in [6.45, 7) is 3.23. The Hall–Kier alpha value is -2.02. The van der Waals surface area contributed by atoms with Crippen molar-refractivity contribution < 1.29 is 4.79 Å². The molecule has 3 N–H and O–H groups in total. The molecule has 0 fully saturated rings. The Balaban J connectivity index is 2.34. The number of carbonyl (C=O) groups excluding carboxylic acids is 1. The summed E-state index contributed by atoms with van der Waals surface area (Å²) in [5.74, 6) is 0.951. The van der Waals surface area contributed by atoms with Crippen molar-refractivity contribution in [1.29, 1.82) is 0 Å². The molecule has 0 unspecified atom stereocenters. The fraction of sp³-hybridized carbons (Fsp3) is 0.200. The molecule has 0 aliphatic rings. The van der Waals surface area contributed by atoms with Crippen LogP contribution in [0.15, 0.2) is 12.3 Å². The van der Waals surface area contributed by atoms with Crippen LogP contribution in [0.1, 0.15) is 12.7 Å². The van der Waals surface area contributed by atoms with Crippen molar-refractivity contribution in [1.82, 2.24) is 14.3 Å². The summed E-state index contributed by atoms with van der Waals surface area (Å²) in [6, 6.07) is 1.60. The highest BCUT2D eigenvalue weighted by atomic mass is 32.1. The fourth-order valence-corrected chi connectivity index (χ4v) is 2.01. The van der Waals surface area contributed by atoms with Crippen molar-refractivity contribution in [2.24, 2.45) is 0 Å². The van der Waals surface area contributed by atoms with Crippen molar-refractivity contribution in [3.8, 4) is 10.6 Å². The third kappa shape index (κ3) is 2.56. The second-order valence-corrected chi connectivity index (χ2v) is 4.24. The predicted molar refractivity (Wildman–Crippen MR) is 66.6 cm³/mol. The van der Waals surface area contributed by atoms with E-state index < -0.39 is 0 Å². The molecule has 2 aromatic rings. The summed E-state index contributed by atoms with van der Waals surface area (Å²) in [5, 5.41) is 3.29. The van der Waals surface area contributed by atoms with Gasteiger partial charge in [-0.15, -0.1) is 0 Å². The Bertz CT molecular complexity index is 566. The summed E-state index contributed by atoms with van der Waals surface area (Å²) in [4.78, 5) is 19.2. The van der Waals surface area contributed by atoms with Gasteiger partial charge in [-0.05, 0) is 18.5 Å². The number of nitrogens with one attached hydrogen (secondary N) is 1. The number of nitrogens with two attached hydrogens (primary N) is 1. The van der Waals surface area contributed by atoms with Crippen LogP contribution in [0.2, 0.25) is 0 Å². The molecule has 0 saturated carbocycles. The van der Waals surface area contributed by atoms with E-state index in [9.17, 15) is 4.79 Å². The third-order valence-corrected chi connectivity index (χ3v) is 2.84. The van der Waals surface area contributed by atoms with E-state index in [1.165, 1.54) is 18.5 Å². The molecule has 0 aliphatic carbocycles. The molecule has 17 heavy (non-hydrogen) atoms. The fourth-order valence-electron chi connectivity index (χ4n) is 1.30. The number of nitrogen functional groups attached to an aromatic ring is 1. The topological polar surface area (TPSA) is 93.8 Å². The van der Waals surface area contributed by atoms with Crippen molar-refractivity contribution in [3.63, 3.8) is 0 Å². The molecule has 2 aromatic heterocycles. The molecule has 0 saturated heterocycles. The number of nitrogens with zero attached hydrogens (tertiary/aromatic N) is 3. The number of hydrogen-bond acceptors (Lipinski definition) is 6. The maximum atomic E-state index is 10.9. The summed E-state index contributed by atoms with van der Waals surface area (Å²) < 4.78 is 4.08. The standard InChI is InChI=1S/C10H11N5OS/c1-5-13-10(17-15-5)7-4-12-9(3-8(7)11)14-6(2)16/h3-4H,1-2H3,(H3,11,12,14,16). The van der Waals surface area contributed by atoms with Crippen LogP contribution >= 0.6 is 11.5 Å². The van der Waals surface area contributed by atoms with Crippen LogP contribution in [0, 0.1) is 6.92 Å².